The maximum absolute atomic E-state index is 13.9. The van der Waals surface area contributed by atoms with Crippen LogP contribution in [-0.2, 0) is 58.8 Å². The lowest BCUT2D eigenvalue weighted by molar-refractivity contribution is -0.138. The van der Waals surface area contributed by atoms with Crippen molar-refractivity contribution in [3.05, 3.63) is 134 Å². The summed E-state index contributed by atoms with van der Waals surface area (Å²) < 4.78 is 63.5. The number of imidazole rings is 1. The van der Waals surface area contributed by atoms with E-state index in [0.29, 0.717) is 84.4 Å². The molecule has 22 heteroatoms. The van der Waals surface area contributed by atoms with E-state index in [-0.39, 0.29) is 74.3 Å². The molecular weight excluding hydrogens is 977 g/mol. The summed E-state index contributed by atoms with van der Waals surface area (Å²) in [5.74, 6) is -2.49. The number of rotatable bonds is 25. The Morgan fingerprint density at radius 2 is 1.47 bits per heavy atom. The van der Waals surface area contributed by atoms with E-state index in [4.69, 9.17) is 30.5 Å². The number of amides is 5. The molecule has 6 aromatic rings. The predicted molar refractivity (Wildman–Crippen MR) is 262 cm³/mol. The van der Waals surface area contributed by atoms with Gasteiger partial charge in [0.1, 0.15) is 12.6 Å². The van der Waals surface area contributed by atoms with Gasteiger partial charge in [-0.1, -0.05) is 54.1 Å². The fourth-order valence-corrected chi connectivity index (χ4v) is 8.62. The number of aromatic nitrogens is 4. The number of carbonyl (C=O) groups is 5. The number of nitrogens with zero attached hydrogens (tertiary/aromatic N) is 3. The largest absolute Gasteiger partial charge is 0.416 e. The summed E-state index contributed by atoms with van der Waals surface area (Å²) in [6.45, 7) is 2.77. The maximum atomic E-state index is 13.9. The molecular formula is C51H52ClF3N8O10. The Balaban J connectivity index is 0.663. The van der Waals surface area contributed by atoms with Gasteiger partial charge in [0, 0.05) is 42.4 Å². The summed E-state index contributed by atoms with van der Waals surface area (Å²) in [5.41, 5.74) is 4.08. The molecule has 0 bridgehead atoms. The lowest BCUT2D eigenvalue weighted by atomic mass is 9.99. The number of anilines is 1. The van der Waals surface area contributed by atoms with Crippen LogP contribution in [0.4, 0.5) is 18.9 Å². The second-order valence-electron chi connectivity index (χ2n) is 17.2. The van der Waals surface area contributed by atoms with Crippen molar-refractivity contribution in [1.29, 1.82) is 0 Å². The number of benzene rings is 4. The highest BCUT2D eigenvalue weighted by molar-refractivity contribution is 6.31. The van der Waals surface area contributed by atoms with E-state index in [1.54, 1.807) is 30.3 Å². The van der Waals surface area contributed by atoms with Gasteiger partial charge in [-0.3, -0.25) is 44.1 Å². The molecule has 0 radical (unpaired) electrons. The third-order valence-electron chi connectivity index (χ3n) is 12.2. The van der Waals surface area contributed by atoms with Crippen molar-refractivity contribution < 1.29 is 56.1 Å². The summed E-state index contributed by atoms with van der Waals surface area (Å²) in [6, 6.07) is 21.5. The number of nitrogens with one attached hydrogen (secondary N) is 5. The van der Waals surface area contributed by atoms with Gasteiger partial charge in [0.25, 0.3) is 17.4 Å². The Hall–Kier alpha value is -7.17. The molecule has 2 aromatic heterocycles. The lowest BCUT2D eigenvalue weighted by Crippen LogP contribution is -2.54. The third kappa shape index (κ3) is 13.1. The first-order valence-corrected chi connectivity index (χ1v) is 24.0. The average molecular weight is 1030 g/mol. The Morgan fingerprint density at radius 1 is 0.781 bits per heavy atom. The summed E-state index contributed by atoms with van der Waals surface area (Å²) in [5, 5.41) is 11.5. The van der Waals surface area contributed by atoms with E-state index in [9.17, 15) is 41.9 Å². The van der Waals surface area contributed by atoms with Crippen molar-refractivity contribution in [1.82, 2.24) is 35.3 Å². The number of hydrogen-bond acceptors (Lipinski definition) is 12. The number of H-pyrrole nitrogens is 2. The van der Waals surface area contributed by atoms with Crippen molar-refractivity contribution in [2.45, 2.75) is 50.7 Å². The number of halogens is 4. The highest BCUT2D eigenvalue weighted by atomic mass is 35.5. The van der Waals surface area contributed by atoms with Gasteiger partial charge in [0.2, 0.25) is 23.7 Å². The zero-order valence-electron chi connectivity index (χ0n) is 39.4. The van der Waals surface area contributed by atoms with E-state index >= 15 is 0 Å². The van der Waals surface area contributed by atoms with Gasteiger partial charge in [-0.25, -0.2) is 4.98 Å². The molecule has 0 saturated carbocycles. The number of carbonyl (C=O) groups excluding carboxylic acids is 5. The van der Waals surface area contributed by atoms with E-state index in [1.165, 1.54) is 22.9 Å². The highest BCUT2D eigenvalue weighted by Gasteiger charge is 2.45. The summed E-state index contributed by atoms with van der Waals surface area (Å²) in [4.78, 5) is 84.8. The van der Waals surface area contributed by atoms with Gasteiger partial charge in [-0.15, -0.1) is 0 Å². The van der Waals surface area contributed by atoms with Gasteiger partial charge in [0.15, 0.2) is 0 Å². The number of aromatic amines is 2. The van der Waals surface area contributed by atoms with Gasteiger partial charge < -0.3 is 34.6 Å². The fourth-order valence-electron chi connectivity index (χ4n) is 8.45. The number of fused-ring (bicyclic) bond motifs is 2. The molecule has 18 nitrogen and oxygen atoms in total. The minimum Gasteiger partial charge on any atom is -0.383 e. The molecule has 0 aliphatic carbocycles. The van der Waals surface area contributed by atoms with Crippen molar-refractivity contribution in [3.63, 3.8) is 0 Å². The summed E-state index contributed by atoms with van der Waals surface area (Å²) in [6.07, 6.45) is -2.01. The molecule has 73 heavy (non-hydrogen) atoms. The Labute approximate surface area is 420 Å². The number of imide groups is 2. The van der Waals surface area contributed by atoms with Crippen molar-refractivity contribution >= 4 is 57.9 Å². The second-order valence-corrected chi connectivity index (χ2v) is 17.6. The number of hydrogen-bond donors (Lipinski definition) is 5. The van der Waals surface area contributed by atoms with Crippen LogP contribution in [-0.4, -0.2) is 126 Å². The molecule has 1 fully saturated rings. The second kappa shape index (κ2) is 24.0. The molecule has 5 amide bonds. The number of aryl methyl sites for hydroxylation is 2. The first kappa shape index (κ1) is 52.2. The van der Waals surface area contributed by atoms with Crippen LogP contribution in [0.2, 0.25) is 5.02 Å². The zero-order chi connectivity index (χ0) is 51.5. The van der Waals surface area contributed by atoms with Crippen LogP contribution in [0.15, 0.2) is 89.7 Å². The smallest absolute Gasteiger partial charge is 0.383 e. The zero-order valence-corrected chi connectivity index (χ0v) is 40.2. The first-order valence-electron chi connectivity index (χ1n) is 23.7. The minimum atomic E-state index is -4.50. The van der Waals surface area contributed by atoms with Gasteiger partial charge in [0.05, 0.1) is 73.1 Å². The SMILES string of the molecule is O=C(COCCOCCOCCOCCCc1ccc(CCc2c(-c3ccc(C(F)(F)F)cc3)[nH]n(-c3nc4ccc(Cl)cc4[nH]3)c2=O)cc1)NCCNc1cccc2c1C(=O)N(C1CCC(=O)NC1=O)C2=O. The van der Waals surface area contributed by atoms with E-state index < -0.39 is 41.4 Å². The number of alkyl halides is 3. The lowest BCUT2D eigenvalue weighted by Gasteiger charge is -2.27. The van der Waals surface area contributed by atoms with Gasteiger partial charge in [-0.2, -0.15) is 17.9 Å². The third-order valence-corrected chi connectivity index (χ3v) is 12.4. The topological polar surface area (TPSA) is 228 Å². The van der Waals surface area contributed by atoms with Crippen LogP contribution in [0.25, 0.3) is 28.2 Å². The highest BCUT2D eigenvalue weighted by Crippen LogP contribution is 2.33. The summed E-state index contributed by atoms with van der Waals surface area (Å²) in [7, 11) is 0. The predicted octanol–water partition coefficient (Wildman–Crippen LogP) is 5.79. The first-order chi connectivity index (χ1) is 35.2. The normalized spacial score (nSPS) is 14.8. The quantitative estimate of drug-likeness (QED) is 0.0339. The molecule has 2 aliphatic rings. The van der Waals surface area contributed by atoms with Crippen LogP contribution in [0.5, 0.6) is 0 Å². The standard InChI is InChI=1S/C51H52ClF3N8O10/c52-35-15-17-38-40(29-35)59-50(58-38)63-48(68)37(45(61-63)33-11-13-34(14-12-33)51(53,54)55)16-10-32-8-6-31(7-9-32)3-2-22-70-23-24-71-25-26-72-27-28-73-30-43(65)57-21-20-56-39-5-1-4-36-44(39)49(69)62(47(36)67)41-18-19-42(64)60-46(41)66/h1,4-9,11-15,17,29,41,56,61H,2-3,10,16,18-28,30H2,(H,57,65)(H,58,59)(H,60,64,66). The molecule has 8 rings (SSSR count). The molecule has 5 N–H and O–H groups in total. The Bertz CT molecular complexity index is 3010. The van der Waals surface area contributed by atoms with Crippen molar-refractivity contribution in [2.24, 2.45) is 0 Å². The van der Waals surface area contributed by atoms with E-state index in [0.717, 1.165) is 41.0 Å². The molecule has 4 heterocycles. The van der Waals surface area contributed by atoms with Crippen LogP contribution in [0.1, 0.15) is 62.2 Å². The van der Waals surface area contributed by atoms with E-state index in [2.05, 4.69) is 31.0 Å². The number of piperidine rings is 1. The minimum absolute atomic E-state index is 0.0245. The average Bonchev–Trinajstić information content (AvgIpc) is 4.02. The van der Waals surface area contributed by atoms with Crippen LogP contribution >= 0.6 is 11.6 Å². The molecule has 1 unspecified atom stereocenters. The molecule has 0 spiro atoms. The van der Waals surface area contributed by atoms with Gasteiger partial charge >= 0.3 is 6.18 Å². The molecule has 384 valence electrons. The Morgan fingerprint density at radius 3 is 2.16 bits per heavy atom. The van der Waals surface area contributed by atoms with Crippen molar-refractivity contribution in [3.8, 4) is 17.2 Å². The van der Waals surface area contributed by atoms with Crippen LogP contribution < -0.4 is 21.5 Å². The maximum Gasteiger partial charge on any atom is 0.416 e. The number of ether oxygens (including phenoxy) is 4. The van der Waals surface area contributed by atoms with Crippen LogP contribution in [0, 0.1) is 0 Å². The Kier molecular flexibility index (Phi) is 17.2. The summed E-state index contributed by atoms with van der Waals surface area (Å²) >= 11 is 6.15. The molecule has 2 aliphatic heterocycles. The van der Waals surface area contributed by atoms with Crippen molar-refractivity contribution in [2.75, 3.05) is 71.3 Å². The van der Waals surface area contributed by atoms with Crippen LogP contribution in [0.3, 0.4) is 0 Å². The molecule has 1 atom stereocenters. The van der Waals surface area contributed by atoms with Gasteiger partial charge in [-0.05, 0) is 91.3 Å². The molecule has 4 aromatic carbocycles. The fraction of sp³-hybridized carbons (Fsp3) is 0.353. The molecule has 1 saturated heterocycles. The van der Waals surface area contributed by atoms with E-state index in [1.807, 2.05) is 24.3 Å². The monoisotopic (exact) mass is 1030 g/mol.